The Labute approximate surface area is 122 Å². The second-order valence-corrected chi connectivity index (χ2v) is 5.88. The van der Waals surface area contributed by atoms with Crippen molar-refractivity contribution in [1.82, 2.24) is 4.90 Å². The van der Waals surface area contributed by atoms with Crippen LogP contribution in [0, 0.1) is 5.92 Å². The van der Waals surface area contributed by atoms with Gasteiger partial charge in [-0.05, 0) is 42.9 Å². The number of amides is 1. The molecule has 1 aromatic rings. The molecule has 0 aromatic heterocycles. The monoisotopic (exact) mass is 274 g/mol. The summed E-state index contributed by atoms with van der Waals surface area (Å²) in [5, 5.41) is 0. The first-order valence-corrected chi connectivity index (χ1v) is 7.81. The summed E-state index contributed by atoms with van der Waals surface area (Å²) in [6.45, 7) is 4.10. The van der Waals surface area contributed by atoms with E-state index in [0.29, 0.717) is 6.42 Å². The average Bonchev–Trinajstić information content (AvgIpc) is 2.67. The summed E-state index contributed by atoms with van der Waals surface area (Å²) in [6.07, 6.45) is 6.65. The molecular formula is C17H26N2O. The molecule has 3 heteroatoms. The molecule has 1 aromatic carbocycles. The largest absolute Gasteiger partial charge is 0.399 e. The number of hydrogen-bond donors (Lipinski definition) is 1. The number of nitrogens with zero attached hydrogens (tertiary/aromatic N) is 1. The molecule has 1 aliphatic rings. The predicted molar refractivity (Wildman–Crippen MR) is 83.4 cm³/mol. The summed E-state index contributed by atoms with van der Waals surface area (Å²) in [5.74, 6) is 1.07. The lowest BCUT2D eigenvalue weighted by Gasteiger charge is -2.20. The molecule has 2 N–H and O–H groups in total. The standard InChI is InChI=1S/C17H26N2O/c1-2-4-14-5-3-11-19(12-10-14)17(20)13-15-6-8-16(18)9-7-15/h6-9,14H,2-5,10-13,18H2,1H3. The van der Waals surface area contributed by atoms with E-state index in [-0.39, 0.29) is 5.91 Å². The highest BCUT2D eigenvalue weighted by Crippen LogP contribution is 2.22. The molecule has 1 heterocycles. The number of anilines is 1. The van der Waals surface area contributed by atoms with Crippen LogP contribution >= 0.6 is 0 Å². The number of carbonyl (C=O) groups is 1. The van der Waals surface area contributed by atoms with Crippen LogP contribution in [0.5, 0.6) is 0 Å². The fraction of sp³-hybridized carbons (Fsp3) is 0.588. The molecule has 20 heavy (non-hydrogen) atoms. The van der Waals surface area contributed by atoms with E-state index in [1.165, 1.54) is 25.7 Å². The molecule has 110 valence electrons. The van der Waals surface area contributed by atoms with E-state index in [4.69, 9.17) is 5.73 Å². The van der Waals surface area contributed by atoms with Gasteiger partial charge in [0.2, 0.25) is 5.91 Å². The van der Waals surface area contributed by atoms with Crippen molar-refractivity contribution in [2.45, 2.75) is 45.4 Å². The minimum atomic E-state index is 0.256. The lowest BCUT2D eigenvalue weighted by Crippen LogP contribution is -2.33. The highest BCUT2D eigenvalue weighted by molar-refractivity contribution is 5.78. The topological polar surface area (TPSA) is 46.3 Å². The number of hydrogen-bond acceptors (Lipinski definition) is 2. The van der Waals surface area contributed by atoms with Crippen LogP contribution in [0.15, 0.2) is 24.3 Å². The van der Waals surface area contributed by atoms with Crippen molar-refractivity contribution >= 4 is 11.6 Å². The van der Waals surface area contributed by atoms with Crippen LogP contribution in [0.1, 0.15) is 44.6 Å². The summed E-state index contributed by atoms with van der Waals surface area (Å²) in [5.41, 5.74) is 7.47. The number of rotatable bonds is 4. The second-order valence-electron chi connectivity index (χ2n) is 5.88. The van der Waals surface area contributed by atoms with Gasteiger partial charge in [0.1, 0.15) is 0 Å². The molecule has 1 aliphatic heterocycles. The first kappa shape index (κ1) is 14.9. The van der Waals surface area contributed by atoms with Crippen molar-refractivity contribution in [1.29, 1.82) is 0 Å². The van der Waals surface area contributed by atoms with Crippen molar-refractivity contribution in [2.75, 3.05) is 18.8 Å². The van der Waals surface area contributed by atoms with Crippen molar-refractivity contribution in [2.24, 2.45) is 5.92 Å². The molecule has 1 saturated heterocycles. The number of benzene rings is 1. The van der Waals surface area contributed by atoms with E-state index in [1.807, 2.05) is 29.2 Å². The highest BCUT2D eigenvalue weighted by atomic mass is 16.2. The summed E-state index contributed by atoms with van der Waals surface area (Å²) < 4.78 is 0. The van der Waals surface area contributed by atoms with Crippen LogP contribution in [0.3, 0.4) is 0 Å². The van der Waals surface area contributed by atoms with Crippen LogP contribution in [-0.2, 0) is 11.2 Å². The van der Waals surface area contributed by atoms with Crippen LogP contribution in [-0.4, -0.2) is 23.9 Å². The summed E-state index contributed by atoms with van der Waals surface area (Å²) in [4.78, 5) is 14.4. The summed E-state index contributed by atoms with van der Waals surface area (Å²) >= 11 is 0. The Morgan fingerprint density at radius 1 is 1.25 bits per heavy atom. The maximum Gasteiger partial charge on any atom is 0.226 e. The molecular weight excluding hydrogens is 248 g/mol. The van der Waals surface area contributed by atoms with Gasteiger partial charge in [0.15, 0.2) is 0 Å². The van der Waals surface area contributed by atoms with Crippen molar-refractivity contribution in [3.63, 3.8) is 0 Å². The van der Waals surface area contributed by atoms with E-state index >= 15 is 0 Å². The second kappa shape index (κ2) is 7.32. The minimum Gasteiger partial charge on any atom is -0.399 e. The molecule has 0 aliphatic carbocycles. The van der Waals surface area contributed by atoms with E-state index < -0.39 is 0 Å². The van der Waals surface area contributed by atoms with Gasteiger partial charge in [-0.15, -0.1) is 0 Å². The van der Waals surface area contributed by atoms with E-state index in [1.54, 1.807) is 0 Å². The first-order chi connectivity index (χ1) is 9.69. The maximum atomic E-state index is 12.4. The quantitative estimate of drug-likeness (QED) is 0.857. The zero-order chi connectivity index (χ0) is 14.4. The zero-order valence-electron chi connectivity index (χ0n) is 12.5. The summed E-state index contributed by atoms with van der Waals surface area (Å²) in [6, 6.07) is 7.63. The normalized spacial score (nSPS) is 19.6. The predicted octanol–water partition coefficient (Wildman–Crippen LogP) is 3.24. The van der Waals surface area contributed by atoms with Crippen molar-refractivity contribution < 1.29 is 4.79 Å². The lowest BCUT2D eigenvalue weighted by molar-refractivity contribution is -0.130. The average molecular weight is 274 g/mol. The van der Waals surface area contributed by atoms with Gasteiger partial charge in [-0.3, -0.25) is 4.79 Å². The molecule has 1 amide bonds. The third-order valence-corrected chi connectivity index (χ3v) is 4.23. The number of likely N-dealkylation sites (tertiary alicyclic amines) is 1. The van der Waals surface area contributed by atoms with Gasteiger partial charge in [-0.25, -0.2) is 0 Å². The summed E-state index contributed by atoms with van der Waals surface area (Å²) in [7, 11) is 0. The van der Waals surface area contributed by atoms with Gasteiger partial charge >= 0.3 is 0 Å². The number of carbonyl (C=O) groups excluding carboxylic acids is 1. The SMILES string of the molecule is CCCC1CCCN(C(=O)Cc2ccc(N)cc2)CC1. The van der Waals surface area contributed by atoms with E-state index in [9.17, 15) is 4.79 Å². The molecule has 2 rings (SSSR count). The number of nitrogen functional groups attached to an aromatic ring is 1. The lowest BCUT2D eigenvalue weighted by atomic mass is 9.96. The molecule has 0 saturated carbocycles. The maximum absolute atomic E-state index is 12.4. The van der Waals surface area contributed by atoms with Gasteiger partial charge in [-0.1, -0.05) is 31.9 Å². The Hall–Kier alpha value is -1.51. The Balaban J connectivity index is 1.87. The Morgan fingerprint density at radius 2 is 2.00 bits per heavy atom. The molecule has 1 atom stereocenters. The molecule has 1 fully saturated rings. The minimum absolute atomic E-state index is 0.256. The Morgan fingerprint density at radius 3 is 2.70 bits per heavy atom. The van der Waals surface area contributed by atoms with E-state index in [0.717, 1.165) is 36.7 Å². The van der Waals surface area contributed by atoms with Gasteiger partial charge in [0, 0.05) is 18.8 Å². The Kier molecular flexibility index (Phi) is 5.45. The van der Waals surface area contributed by atoms with E-state index in [2.05, 4.69) is 6.92 Å². The molecule has 3 nitrogen and oxygen atoms in total. The molecule has 0 bridgehead atoms. The Bertz CT molecular complexity index is 427. The number of nitrogens with two attached hydrogens (primary N) is 1. The molecule has 1 unspecified atom stereocenters. The fourth-order valence-electron chi connectivity index (χ4n) is 3.03. The van der Waals surface area contributed by atoms with Gasteiger partial charge in [0.05, 0.1) is 6.42 Å². The van der Waals surface area contributed by atoms with Crippen LogP contribution in [0.2, 0.25) is 0 Å². The van der Waals surface area contributed by atoms with Gasteiger partial charge in [-0.2, -0.15) is 0 Å². The third kappa shape index (κ3) is 4.26. The molecule has 0 radical (unpaired) electrons. The smallest absolute Gasteiger partial charge is 0.226 e. The first-order valence-electron chi connectivity index (χ1n) is 7.81. The highest BCUT2D eigenvalue weighted by Gasteiger charge is 2.20. The van der Waals surface area contributed by atoms with Crippen molar-refractivity contribution in [3.8, 4) is 0 Å². The van der Waals surface area contributed by atoms with Crippen molar-refractivity contribution in [3.05, 3.63) is 29.8 Å². The van der Waals surface area contributed by atoms with Gasteiger partial charge in [0.25, 0.3) is 0 Å². The third-order valence-electron chi connectivity index (χ3n) is 4.23. The van der Waals surface area contributed by atoms with Crippen LogP contribution in [0.25, 0.3) is 0 Å². The van der Waals surface area contributed by atoms with Crippen LogP contribution < -0.4 is 5.73 Å². The fourth-order valence-corrected chi connectivity index (χ4v) is 3.03. The van der Waals surface area contributed by atoms with Gasteiger partial charge < -0.3 is 10.6 Å². The van der Waals surface area contributed by atoms with Crippen LogP contribution in [0.4, 0.5) is 5.69 Å². The molecule has 0 spiro atoms. The zero-order valence-corrected chi connectivity index (χ0v) is 12.5.